The predicted octanol–water partition coefficient (Wildman–Crippen LogP) is 3.75. The summed E-state index contributed by atoms with van der Waals surface area (Å²) >= 11 is 5.95. The maximum absolute atomic E-state index is 13.1. The summed E-state index contributed by atoms with van der Waals surface area (Å²) in [5.41, 5.74) is 1.81. The molecule has 2 amide bonds. The smallest absolute Gasteiger partial charge is 0.267 e. The number of hydrogen-bond acceptors (Lipinski definition) is 5. The first-order valence-corrected chi connectivity index (χ1v) is 9.66. The van der Waals surface area contributed by atoms with Gasteiger partial charge < -0.3 is 9.32 Å². The van der Waals surface area contributed by atoms with Gasteiger partial charge in [0.05, 0.1) is 25.0 Å². The van der Waals surface area contributed by atoms with Gasteiger partial charge in [-0.1, -0.05) is 18.2 Å². The minimum Gasteiger partial charge on any atom is -0.467 e. The molecule has 1 fully saturated rings. The van der Waals surface area contributed by atoms with E-state index in [1.807, 2.05) is 6.07 Å². The zero-order chi connectivity index (χ0) is 21.1. The number of amides is 2. The third kappa shape index (κ3) is 4.06. The van der Waals surface area contributed by atoms with Crippen molar-refractivity contribution in [3.05, 3.63) is 95.8 Å². The van der Waals surface area contributed by atoms with Crippen LogP contribution in [0.5, 0.6) is 0 Å². The Bertz CT molecular complexity index is 1050. The van der Waals surface area contributed by atoms with Crippen LogP contribution in [0, 0.1) is 0 Å². The Morgan fingerprint density at radius 3 is 2.53 bits per heavy atom. The third-order valence-electron chi connectivity index (χ3n) is 4.71. The molecule has 3 heterocycles. The number of rotatable bonds is 7. The Kier molecular flexibility index (Phi) is 5.54. The first-order valence-electron chi connectivity index (χ1n) is 9.28. The van der Waals surface area contributed by atoms with Gasteiger partial charge in [0.2, 0.25) is 0 Å². The molecule has 0 saturated carbocycles. The van der Waals surface area contributed by atoms with Crippen LogP contribution in [-0.4, -0.2) is 39.8 Å². The van der Waals surface area contributed by atoms with Crippen molar-refractivity contribution in [3.8, 4) is 0 Å². The largest absolute Gasteiger partial charge is 0.467 e. The van der Waals surface area contributed by atoms with Crippen LogP contribution in [0.25, 0.3) is 0 Å². The lowest BCUT2D eigenvalue weighted by atomic mass is 10.2. The zero-order valence-electron chi connectivity index (χ0n) is 16.1. The summed E-state index contributed by atoms with van der Waals surface area (Å²) in [5.74, 6) is 0.413. The lowest BCUT2D eigenvalue weighted by Gasteiger charge is -2.46. The van der Waals surface area contributed by atoms with E-state index in [0.29, 0.717) is 27.7 Å². The predicted molar refractivity (Wildman–Crippen MR) is 112 cm³/mol. The van der Waals surface area contributed by atoms with Crippen LogP contribution in [0.2, 0.25) is 5.02 Å². The Labute approximate surface area is 178 Å². The SMILES string of the molecule is C=C(CN(Cc1ccco1)C(=O)c1ccncc1)N1CC(=O)N1c1ccc(Cl)cc1. The normalized spacial score (nSPS) is 13.2. The van der Waals surface area contributed by atoms with E-state index in [0.717, 1.165) is 0 Å². The van der Waals surface area contributed by atoms with Crippen LogP contribution in [0.1, 0.15) is 16.1 Å². The number of furan rings is 1. The molecule has 2 aromatic heterocycles. The summed E-state index contributed by atoms with van der Waals surface area (Å²) in [4.78, 5) is 30.9. The second-order valence-electron chi connectivity index (χ2n) is 6.78. The number of aromatic nitrogens is 1. The fourth-order valence-electron chi connectivity index (χ4n) is 3.21. The van der Waals surface area contributed by atoms with Crippen LogP contribution >= 0.6 is 11.6 Å². The molecule has 1 saturated heterocycles. The molecular weight excluding hydrogens is 404 g/mol. The van der Waals surface area contributed by atoms with E-state index in [4.69, 9.17) is 16.0 Å². The lowest BCUT2D eigenvalue weighted by molar-refractivity contribution is -0.129. The number of carbonyl (C=O) groups is 2. The molecule has 1 aliphatic rings. The van der Waals surface area contributed by atoms with Gasteiger partial charge in [-0.25, -0.2) is 5.01 Å². The van der Waals surface area contributed by atoms with Crippen molar-refractivity contribution in [2.45, 2.75) is 6.54 Å². The average molecular weight is 423 g/mol. The molecule has 1 aromatic carbocycles. The van der Waals surface area contributed by atoms with E-state index in [-0.39, 0.29) is 31.4 Å². The minimum absolute atomic E-state index is 0.0588. The van der Waals surface area contributed by atoms with Crippen molar-refractivity contribution >= 4 is 29.1 Å². The van der Waals surface area contributed by atoms with Crippen LogP contribution < -0.4 is 5.01 Å². The molecule has 7 nitrogen and oxygen atoms in total. The van der Waals surface area contributed by atoms with Crippen LogP contribution in [0.4, 0.5) is 5.69 Å². The summed E-state index contributed by atoms with van der Waals surface area (Å²) < 4.78 is 5.42. The fourth-order valence-corrected chi connectivity index (χ4v) is 3.34. The van der Waals surface area contributed by atoms with Crippen molar-refractivity contribution in [2.75, 3.05) is 18.1 Å². The first kappa shape index (κ1) is 19.7. The summed E-state index contributed by atoms with van der Waals surface area (Å²) in [5, 5.41) is 3.87. The van der Waals surface area contributed by atoms with Gasteiger partial charge >= 0.3 is 0 Å². The van der Waals surface area contributed by atoms with Crippen molar-refractivity contribution in [1.82, 2.24) is 14.9 Å². The molecule has 8 heteroatoms. The van der Waals surface area contributed by atoms with Crippen molar-refractivity contribution < 1.29 is 14.0 Å². The van der Waals surface area contributed by atoms with Crippen molar-refractivity contribution in [3.63, 3.8) is 0 Å². The quantitative estimate of drug-likeness (QED) is 0.580. The number of carbonyl (C=O) groups excluding carboxylic acids is 2. The van der Waals surface area contributed by atoms with Crippen molar-refractivity contribution in [2.24, 2.45) is 0 Å². The summed E-state index contributed by atoms with van der Waals surface area (Å²) in [7, 11) is 0. The molecule has 1 aliphatic heterocycles. The molecule has 30 heavy (non-hydrogen) atoms. The number of anilines is 1. The molecule has 152 valence electrons. The average Bonchev–Trinajstić information content (AvgIpc) is 3.26. The topological polar surface area (TPSA) is 69.9 Å². The van der Waals surface area contributed by atoms with Gasteiger partial charge in [0.1, 0.15) is 12.3 Å². The first-order chi connectivity index (χ1) is 14.5. The van der Waals surface area contributed by atoms with E-state index >= 15 is 0 Å². The second kappa shape index (κ2) is 8.42. The summed E-state index contributed by atoms with van der Waals surface area (Å²) in [6.07, 6.45) is 4.71. The van der Waals surface area contributed by atoms with E-state index in [2.05, 4.69) is 11.6 Å². The monoisotopic (exact) mass is 422 g/mol. The maximum atomic E-state index is 13.1. The Balaban J connectivity index is 1.53. The lowest BCUT2D eigenvalue weighted by Crippen LogP contribution is -2.62. The highest BCUT2D eigenvalue weighted by atomic mass is 35.5. The third-order valence-corrected chi connectivity index (χ3v) is 4.97. The van der Waals surface area contributed by atoms with Crippen LogP contribution in [-0.2, 0) is 11.3 Å². The molecule has 0 bridgehead atoms. The van der Waals surface area contributed by atoms with Gasteiger partial charge in [-0.3, -0.25) is 19.6 Å². The van der Waals surface area contributed by atoms with Gasteiger partial charge in [-0.05, 0) is 48.5 Å². The molecule has 3 aromatic rings. The van der Waals surface area contributed by atoms with E-state index in [1.165, 1.54) is 5.01 Å². The zero-order valence-corrected chi connectivity index (χ0v) is 16.8. The number of nitrogens with zero attached hydrogens (tertiary/aromatic N) is 4. The van der Waals surface area contributed by atoms with E-state index in [1.54, 1.807) is 71.0 Å². The number of halogens is 1. The molecule has 0 spiro atoms. The highest BCUT2D eigenvalue weighted by molar-refractivity contribution is 6.30. The highest BCUT2D eigenvalue weighted by Crippen LogP contribution is 2.28. The van der Waals surface area contributed by atoms with Gasteiger partial charge in [0.15, 0.2) is 0 Å². The molecule has 0 aliphatic carbocycles. The standard InChI is InChI=1S/C22H19ClN4O3/c1-16(26-15-21(28)27(26)19-6-4-18(23)5-7-19)13-25(14-20-3-2-12-30-20)22(29)17-8-10-24-11-9-17/h2-12H,1,13-15H2. The van der Waals surface area contributed by atoms with Crippen LogP contribution in [0.15, 0.2) is 83.9 Å². The van der Waals surface area contributed by atoms with Gasteiger partial charge in [-0.15, -0.1) is 0 Å². The van der Waals surface area contributed by atoms with Crippen LogP contribution in [0.3, 0.4) is 0 Å². The minimum atomic E-state index is -0.181. The fraction of sp³-hybridized carbons (Fsp3) is 0.136. The van der Waals surface area contributed by atoms with Gasteiger partial charge in [0, 0.05) is 28.7 Å². The molecule has 0 atom stereocenters. The molecule has 4 rings (SSSR count). The van der Waals surface area contributed by atoms with Gasteiger partial charge in [-0.2, -0.15) is 0 Å². The van der Waals surface area contributed by atoms with Gasteiger partial charge in [0.25, 0.3) is 11.8 Å². The number of pyridine rings is 1. The molecular formula is C22H19ClN4O3. The van der Waals surface area contributed by atoms with E-state index < -0.39 is 0 Å². The van der Waals surface area contributed by atoms with E-state index in [9.17, 15) is 9.59 Å². The Morgan fingerprint density at radius 1 is 1.17 bits per heavy atom. The number of hydrogen-bond donors (Lipinski definition) is 0. The molecule has 0 N–H and O–H groups in total. The maximum Gasteiger partial charge on any atom is 0.267 e. The Hall–Kier alpha value is -3.58. The molecule has 0 unspecified atom stereocenters. The summed E-state index contributed by atoms with van der Waals surface area (Å²) in [6, 6.07) is 13.9. The highest BCUT2D eigenvalue weighted by Gasteiger charge is 2.37. The van der Waals surface area contributed by atoms with Crippen molar-refractivity contribution in [1.29, 1.82) is 0 Å². The Morgan fingerprint density at radius 2 is 1.90 bits per heavy atom. The summed E-state index contributed by atoms with van der Waals surface area (Å²) in [6.45, 7) is 4.81. The molecule has 0 radical (unpaired) electrons. The number of benzene rings is 1. The second-order valence-corrected chi connectivity index (χ2v) is 7.22. The number of hydrazine groups is 1.